The third-order valence-corrected chi connectivity index (χ3v) is 5.43. The van der Waals surface area contributed by atoms with Crippen LogP contribution in [-0.2, 0) is 11.3 Å². The van der Waals surface area contributed by atoms with Crippen LogP contribution in [0.15, 0.2) is 52.4 Å². The van der Waals surface area contributed by atoms with Gasteiger partial charge in [-0.25, -0.2) is 4.98 Å². The molecule has 3 heterocycles. The Morgan fingerprint density at radius 3 is 2.61 bits per heavy atom. The molecule has 1 amide bonds. The van der Waals surface area contributed by atoms with Crippen molar-refractivity contribution in [2.75, 3.05) is 13.1 Å². The standard InChI is InChI=1S/C20H21N5O3/c1-13-14(2)21-11-25(20(13)27)10-18(26)24-8-16(15-6-4-3-5-7-15)17(9-24)19-22-12-28-23-19/h3-7,11-12,16-17H,8-10H2,1-2H3/t16-,17-/m0/s1. The second kappa shape index (κ2) is 7.38. The molecule has 1 saturated heterocycles. The van der Waals surface area contributed by atoms with Crippen molar-refractivity contribution in [2.45, 2.75) is 32.2 Å². The molecular weight excluding hydrogens is 358 g/mol. The lowest BCUT2D eigenvalue weighted by molar-refractivity contribution is -0.130. The maximum Gasteiger partial charge on any atom is 0.256 e. The molecule has 4 rings (SSSR count). The van der Waals surface area contributed by atoms with Crippen LogP contribution in [0, 0.1) is 13.8 Å². The van der Waals surface area contributed by atoms with E-state index in [-0.39, 0.29) is 29.8 Å². The first-order valence-electron chi connectivity index (χ1n) is 9.16. The van der Waals surface area contributed by atoms with Crippen molar-refractivity contribution in [2.24, 2.45) is 0 Å². The average molecular weight is 379 g/mol. The van der Waals surface area contributed by atoms with E-state index in [4.69, 9.17) is 4.52 Å². The predicted octanol–water partition coefficient (Wildman–Crippen LogP) is 1.65. The van der Waals surface area contributed by atoms with Gasteiger partial charge in [-0.2, -0.15) is 4.98 Å². The molecule has 144 valence electrons. The number of hydrogen-bond acceptors (Lipinski definition) is 6. The predicted molar refractivity (Wildman–Crippen MR) is 101 cm³/mol. The minimum Gasteiger partial charge on any atom is -0.343 e. The smallest absolute Gasteiger partial charge is 0.256 e. The summed E-state index contributed by atoms with van der Waals surface area (Å²) in [4.78, 5) is 35.5. The number of likely N-dealkylation sites (tertiary alicyclic amines) is 1. The van der Waals surface area contributed by atoms with Crippen LogP contribution in [0.5, 0.6) is 0 Å². The largest absolute Gasteiger partial charge is 0.343 e. The van der Waals surface area contributed by atoms with Crippen molar-refractivity contribution in [1.82, 2.24) is 24.6 Å². The Morgan fingerprint density at radius 2 is 1.89 bits per heavy atom. The second-order valence-corrected chi connectivity index (χ2v) is 7.10. The normalized spacial score (nSPS) is 19.1. The average Bonchev–Trinajstić information content (AvgIpc) is 3.38. The van der Waals surface area contributed by atoms with Gasteiger partial charge in [0.1, 0.15) is 6.54 Å². The molecule has 28 heavy (non-hydrogen) atoms. The van der Waals surface area contributed by atoms with E-state index in [0.717, 1.165) is 5.56 Å². The molecule has 0 radical (unpaired) electrons. The zero-order valence-electron chi connectivity index (χ0n) is 15.8. The SMILES string of the molecule is Cc1ncn(CC(=O)N2C[C@H](c3ncon3)[C@H](c3ccccc3)C2)c(=O)c1C. The van der Waals surface area contributed by atoms with Crippen LogP contribution < -0.4 is 5.56 Å². The summed E-state index contributed by atoms with van der Waals surface area (Å²) >= 11 is 0. The number of carbonyl (C=O) groups is 1. The van der Waals surface area contributed by atoms with Gasteiger partial charge in [-0.1, -0.05) is 35.5 Å². The maximum atomic E-state index is 12.9. The van der Waals surface area contributed by atoms with Crippen LogP contribution in [0.2, 0.25) is 0 Å². The Bertz CT molecular complexity index is 1030. The highest BCUT2D eigenvalue weighted by Gasteiger charge is 2.39. The zero-order valence-corrected chi connectivity index (χ0v) is 15.8. The van der Waals surface area contributed by atoms with E-state index < -0.39 is 0 Å². The van der Waals surface area contributed by atoms with Crippen molar-refractivity contribution >= 4 is 5.91 Å². The lowest BCUT2D eigenvalue weighted by Gasteiger charge is -2.17. The van der Waals surface area contributed by atoms with E-state index in [0.29, 0.717) is 30.2 Å². The van der Waals surface area contributed by atoms with Crippen LogP contribution >= 0.6 is 0 Å². The molecule has 1 aliphatic rings. The third-order valence-electron chi connectivity index (χ3n) is 5.43. The molecular formula is C20H21N5O3. The summed E-state index contributed by atoms with van der Waals surface area (Å²) in [6, 6.07) is 10.0. The Morgan fingerprint density at radius 1 is 1.14 bits per heavy atom. The maximum absolute atomic E-state index is 12.9. The van der Waals surface area contributed by atoms with E-state index in [1.807, 2.05) is 30.3 Å². The van der Waals surface area contributed by atoms with Gasteiger partial charge in [-0.3, -0.25) is 14.2 Å². The molecule has 8 heteroatoms. The van der Waals surface area contributed by atoms with Gasteiger partial charge in [0.2, 0.25) is 12.3 Å². The van der Waals surface area contributed by atoms with Gasteiger partial charge in [0.05, 0.1) is 6.33 Å². The fourth-order valence-corrected chi connectivity index (χ4v) is 3.68. The molecule has 0 saturated carbocycles. The topological polar surface area (TPSA) is 94.1 Å². The van der Waals surface area contributed by atoms with Crippen LogP contribution in [0.4, 0.5) is 0 Å². The minimum atomic E-state index is -0.186. The van der Waals surface area contributed by atoms with Gasteiger partial charge >= 0.3 is 0 Å². The number of aromatic nitrogens is 4. The van der Waals surface area contributed by atoms with Crippen LogP contribution in [-0.4, -0.2) is 43.6 Å². The summed E-state index contributed by atoms with van der Waals surface area (Å²) in [5, 5.41) is 4.00. The summed E-state index contributed by atoms with van der Waals surface area (Å²) in [6.45, 7) is 4.48. The van der Waals surface area contributed by atoms with Gasteiger partial charge in [0.25, 0.3) is 5.56 Å². The van der Waals surface area contributed by atoms with Crippen molar-refractivity contribution in [3.63, 3.8) is 0 Å². The van der Waals surface area contributed by atoms with Crippen molar-refractivity contribution in [1.29, 1.82) is 0 Å². The first-order chi connectivity index (χ1) is 13.5. The molecule has 3 aromatic rings. The first-order valence-corrected chi connectivity index (χ1v) is 9.16. The Labute approximate surface area is 161 Å². The Balaban J connectivity index is 1.58. The molecule has 2 aromatic heterocycles. The summed E-state index contributed by atoms with van der Waals surface area (Å²) in [5.74, 6) is 0.477. The van der Waals surface area contributed by atoms with Crippen molar-refractivity contribution in [3.8, 4) is 0 Å². The molecule has 0 unspecified atom stereocenters. The highest BCUT2D eigenvalue weighted by molar-refractivity contribution is 5.76. The molecule has 0 bridgehead atoms. The lowest BCUT2D eigenvalue weighted by Crippen LogP contribution is -2.36. The number of nitrogens with zero attached hydrogens (tertiary/aromatic N) is 5. The van der Waals surface area contributed by atoms with E-state index in [2.05, 4.69) is 15.1 Å². The van der Waals surface area contributed by atoms with E-state index >= 15 is 0 Å². The van der Waals surface area contributed by atoms with Gasteiger partial charge in [0.15, 0.2) is 5.82 Å². The molecule has 2 atom stereocenters. The summed E-state index contributed by atoms with van der Waals surface area (Å²) in [6.07, 6.45) is 2.74. The van der Waals surface area contributed by atoms with E-state index in [9.17, 15) is 9.59 Å². The summed E-state index contributed by atoms with van der Waals surface area (Å²) in [7, 11) is 0. The second-order valence-electron chi connectivity index (χ2n) is 7.10. The van der Waals surface area contributed by atoms with Crippen LogP contribution in [0.25, 0.3) is 0 Å². The fraction of sp³-hybridized carbons (Fsp3) is 0.350. The molecule has 0 spiro atoms. The summed E-state index contributed by atoms with van der Waals surface area (Å²) < 4.78 is 6.29. The van der Waals surface area contributed by atoms with Crippen molar-refractivity contribution in [3.05, 3.63) is 76.1 Å². The first kappa shape index (κ1) is 18.1. The van der Waals surface area contributed by atoms with Crippen molar-refractivity contribution < 1.29 is 9.32 Å². The van der Waals surface area contributed by atoms with Gasteiger partial charge in [0, 0.05) is 36.2 Å². The molecule has 8 nitrogen and oxygen atoms in total. The minimum absolute atomic E-state index is 0.0343. The quantitative estimate of drug-likeness (QED) is 0.684. The molecule has 1 aromatic carbocycles. The number of carbonyl (C=O) groups excluding carboxylic acids is 1. The van der Waals surface area contributed by atoms with E-state index in [1.54, 1.807) is 18.7 Å². The Kier molecular flexibility index (Phi) is 4.77. The number of hydrogen-bond donors (Lipinski definition) is 0. The molecule has 0 N–H and O–H groups in total. The fourth-order valence-electron chi connectivity index (χ4n) is 3.68. The monoisotopic (exact) mass is 379 g/mol. The lowest BCUT2D eigenvalue weighted by atomic mass is 9.88. The number of benzene rings is 1. The van der Waals surface area contributed by atoms with Crippen LogP contribution in [0.3, 0.4) is 0 Å². The van der Waals surface area contributed by atoms with Crippen LogP contribution in [0.1, 0.15) is 34.5 Å². The molecule has 1 aliphatic heterocycles. The number of amides is 1. The molecule has 0 aliphatic carbocycles. The third kappa shape index (κ3) is 3.33. The molecule has 1 fully saturated rings. The zero-order chi connectivity index (χ0) is 19.7. The Hall–Kier alpha value is -3.29. The van der Waals surface area contributed by atoms with Gasteiger partial charge in [-0.15, -0.1) is 0 Å². The number of aryl methyl sites for hydroxylation is 1. The van der Waals surface area contributed by atoms with Gasteiger partial charge < -0.3 is 9.42 Å². The van der Waals surface area contributed by atoms with Gasteiger partial charge in [-0.05, 0) is 19.4 Å². The highest BCUT2D eigenvalue weighted by atomic mass is 16.5. The summed E-state index contributed by atoms with van der Waals surface area (Å²) in [5.41, 5.74) is 2.17. The number of rotatable bonds is 4. The highest BCUT2D eigenvalue weighted by Crippen LogP contribution is 2.38. The van der Waals surface area contributed by atoms with E-state index in [1.165, 1.54) is 17.3 Å².